The Balaban J connectivity index is 1.62. The Bertz CT molecular complexity index is 882. The lowest BCUT2D eigenvalue weighted by atomic mass is 9.86. The molecule has 0 unspecified atom stereocenters. The first-order chi connectivity index (χ1) is 14.7. The predicted octanol–water partition coefficient (Wildman–Crippen LogP) is 2.88. The van der Waals surface area contributed by atoms with Crippen molar-refractivity contribution in [3.63, 3.8) is 0 Å². The van der Waals surface area contributed by atoms with E-state index in [1.807, 2.05) is 43.0 Å². The molecule has 1 fully saturated rings. The summed E-state index contributed by atoms with van der Waals surface area (Å²) in [7, 11) is 0. The summed E-state index contributed by atoms with van der Waals surface area (Å²) in [6, 6.07) is 8.84. The van der Waals surface area contributed by atoms with E-state index in [1.165, 1.54) is 5.56 Å². The van der Waals surface area contributed by atoms with Crippen LogP contribution in [0.25, 0.3) is 0 Å². The fourth-order valence-electron chi connectivity index (χ4n) is 3.64. The van der Waals surface area contributed by atoms with Crippen molar-refractivity contribution >= 4 is 17.8 Å². The first kappa shape index (κ1) is 22.7. The number of amides is 2. The summed E-state index contributed by atoms with van der Waals surface area (Å²) in [6.45, 7) is 12.8. The largest absolute Gasteiger partial charge is 0.340 e. The lowest BCUT2D eigenvalue weighted by Crippen LogP contribution is -2.56. The zero-order chi connectivity index (χ0) is 22.6. The van der Waals surface area contributed by atoms with Gasteiger partial charge in [0.1, 0.15) is 6.04 Å². The second-order valence-corrected chi connectivity index (χ2v) is 9.38. The van der Waals surface area contributed by atoms with Crippen LogP contribution < -0.4 is 10.2 Å². The molecule has 31 heavy (non-hydrogen) atoms. The fraction of sp³-hybridized carbons (Fsp3) is 0.500. The van der Waals surface area contributed by atoms with Crippen molar-refractivity contribution in [2.45, 2.75) is 46.1 Å². The summed E-state index contributed by atoms with van der Waals surface area (Å²) in [4.78, 5) is 38.5. The van der Waals surface area contributed by atoms with E-state index in [4.69, 9.17) is 0 Å². The average Bonchev–Trinajstić information content (AvgIpc) is 2.77. The molecule has 2 aromatic rings. The van der Waals surface area contributed by atoms with E-state index in [0.717, 1.165) is 0 Å². The van der Waals surface area contributed by atoms with Gasteiger partial charge in [-0.1, -0.05) is 46.8 Å². The average molecular weight is 424 g/mol. The quantitative estimate of drug-likeness (QED) is 0.800. The molecule has 1 aromatic carbocycles. The van der Waals surface area contributed by atoms with Crippen molar-refractivity contribution in [2.24, 2.45) is 5.92 Å². The molecule has 1 N–H and O–H groups in total. The highest BCUT2D eigenvalue weighted by molar-refractivity contribution is 5.97. The molecule has 0 radical (unpaired) electrons. The third-order valence-corrected chi connectivity index (χ3v) is 5.66. The summed E-state index contributed by atoms with van der Waals surface area (Å²) in [5, 5.41) is 2.96. The van der Waals surface area contributed by atoms with E-state index in [9.17, 15) is 9.59 Å². The molecule has 1 atom stereocenters. The first-order valence-electron chi connectivity index (χ1n) is 10.9. The maximum Gasteiger partial charge on any atom is 0.251 e. The topological polar surface area (TPSA) is 78.4 Å². The number of hydrogen-bond acceptors (Lipinski definition) is 5. The van der Waals surface area contributed by atoms with Crippen molar-refractivity contribution < 1.29 is 9.59 Å². The van der Waals surface area contributed by atoms with Crippen LogP contribution in [0.15, 0.2) is 42.7 Å². The maximum absolute atomic E-state index is 13.2. The number of nitrogens with zero attached hydrogens (tertiary/aromatic N) is 4. The van der Waals surface area contributed by atoms with Crippen LogP contribution in [0, 0.1) is 5.92 Å². The van der Waals surface area contributed by atoms with Crippen LogP contribution >= 0.6 is 0 Å². The number of anilines is 1. The third-order valence-electron chi connectivity index (χ3n) is 5.66. The molecule has 166 valence electrons. The second kappa shape index (κ2) is 9.45. The Morgan fingerprint density at radius 2 is 1.55 bits per heavy atom. The number of nitrogens with one attached hydrogen (secondary N) is 1. The van der Waals surface area contributed by atoms with Crippen LogP contribution in [0.2, 0.25) is 0 Å². The molecule has 1 aliphatic rings. The zero-order valence-corrected chi connectivity index (χ0v) is 19.1. The lowest BCUT2D eigenvalue weighted by Gasteiger charge is -2.37. The minimum atomic E-state index is -0.561. The van der Waals surface area contributed by atoms with E-state index < -0.39 is 6.04 Å². The number of carbonyl (C=O) groups is 2. The molecule has 0 bridgehead atoms. The van der Waals surface area contributed by atoms with Gasteiger partial charge in [-0.2, -0.15) is 0 Å². The van der Waals surface area contributed by atoms with Gasteiger partial charge in [-0.3, -0.25) is 9.59 Å². The Kier molecular flexibility index (Phi) is 6.93. The van der Waals surface area contributed by atoms with Crippen LogP contribution in [-0.2, 0) is 10.2 Å². The van der Waals surface area contributed by atoms with Crippen molar-refractivity contribution in [1.82, 2.24) is 20.2 Å². The number of carbonyl (C=O) groups excluding carboxylic acids is 2. The van der Waals surface area contributed by atoms with Gasteiger partial charge in [0.2, 0.25) is 11.9 Å². The van der Waals surface area contributed by atoms with Gasteiger partial charge >= 0.3 is 0 Å². The summed E-state index contributed by atoms with van der Waals surface area (Å²) < 4.78 is 0. The standard InChI is InChI=1S/C24H33N5O2/c1-17(2)20(27-21(30)18-7-9-19(10-8-18)24(3,4)5)22(31)28-13-15-29(16-14-28)23-25-11-6-12-26-23/h6-12,17,20H,13-16H2,1-5H3,(H,27,30)/t20-/m0/s1. The molecular formula is C24H33N5O2. The lowest BCUT2D eigenvalue weighted by molar-refractivity contribution is -0.134. The summed E-state index contributed by atoms with van der Waals surface area (Å²) in [5.74, 6) is 0.412. The van der Waals surface area contributed by atoms with Crippen LogP contribution in [0.4, 0.5) is 5.95 Å². The molecule has 0 saturated carbocycles. The number of rotatable bonds is 5. The molecule has 0 aliphatic carbocycles. The van der Waals surface area contributed by atoms with Crippen LogP contribution in [0.1, 0.15) is 50.5 Å². The van der Waals surface area contributed by atoms with Crippen LogP contribution in [-0.4, -0.2) is 58.9 Å². The van der Waals surface area contributed by atoms with Gasteiger partial charge in [0.05, 0.1) is 0 Å². The third kappa shape index (κ3) is 5.60. The summed E-state index contributed by atoms with van der Waals surface area (Å²) in [5.41, 5.74) is 1.76. The molecule has 1 aromatic heterocycles. The van der Waals surface area contributed by atoms with Crippen molar-refractivity contribution in [3.05, 3.63) is 53.9 Å². The van der Waals surface area contributed by atoms with Crippen LogP contribution in [0.3, 0.4) is 0 Å². The minimum absolute atomic E-state index is 0.0132. The molecular weight excluding hydrogens is 390 g/mol. The van der Waals surface area contributed by atoms with Crippen molar-refractivity contribution in [3.8, 4) is 0 Å². The van der Waals surface area contributed by atoms with Gasteiger partial charge in [-0.15, -0.1) is 0 Å². The fourth-order valence-corrected chi connectivity index (χ4v) is 3.64. The normalized spacial score (nSPS) is 15.7. The van der Waals surface area contributed by atoms with E-state index in [0.29, 0.717) is 37.7 Å². The molecule has 2 amide bonds. The molecule has 2 heterocycles. The monoisotopic (exact) mass is 423 g/mol. The Labute approximate surface area is 184 Å². The molecule has 3 rings (SSSR count). The smallest absolute Gasteiger partial charge is 0.251 e. The van der Waals surface area contributed by atoms with Gasteiger partial charge < -0.3 is 15.1 Å². The van der Waals surface area contributed by atoms with Crippen LogP contribution in [0.5, 0.6) is 0 Å². The van der Waals surface area contributed by atoms with Gasteiger partial charge in [0.15, 0.2) is 0 Å². The van der Waals surface area contributed by atoms with E-state index in [2.05, 4.69) is 41.0 Å². The number of benzene rings is 1. The zero-order valence-electron chi connectivity index (χ0n) is 19.1. The van der Waals surface area contributed by atoms with Gasteiger partial charge in [0, 0.05) is 44.1 Å². The Morgan fingerprint density at radius 1 is 0.968 bits per heavy atom. The summed E-state index contributed by atoms with van der Waals surface area (Å²) >= 11 is 0. The second-order valence-electron chi connectivity index (χ2n) is 9.38. The highest BCUT2D eigenvalue weighted by Gasteiger charge is 2.31. The first-order valence-corrected chi connectivity index (χ1v) is 10.9. The molecule has 1 saturated heterocycles. The summed E-state index contributed by atoms with van der Waals surface area (Å²) in [6.07, 6.45) is 3.44. The Morgan fingerprint density at radius 3 is 2.06 bits per heavy atom. The van der Waals surface area contributed by atoms with E-state index in [1.54, 1.807) is 18.5 Å². The van der Waals surface area contributed by atoms with Crippen molar-refractivity contribution in [1.29, 1.82) is 0 Å². The molecule has 1 aliphatic heterocycles. The number of piperazine rings is 1. The van der Waals surface area contributed by atoms with Gasteiger partial charge in [-0.25, -0.2) is 9.97 Å². The SMILES string of the molecule is CC(C)[C@H](NC(=O)c1ccc(C(C)(C)C)cc1)C(=O)N1CCN(c2ncccn2)CC1. The molecule has 0 spiro atoms. The molecule has 7 nitrogen and oxygen atoms in total. The van der Waals surface area contributed by atoms with Gasteiger partial charge in [0.25, 0.3) is 5.91 Å². The highest BCUT2D eigenvalue weighted by Crippen LogP contribution is 2.22. The highest BCUT2D eigenvalue weighted by atomic mass is 16.2. The number of aromatic nitrogens is 2. The van der Waals surface area contributed by atoms with E-state index in [-0.39, 0.29) is 23.1 Å². The predicted molar refractivity (Wildman–Crippen MR) is 122 cm³/mol. The van der Waals surface area contributed by atoms with Gasteiger partial charge in [-0.05, 0) is 35.1 Å². The van der Waals surface area contributed by atoms with Crippen molar-refractivity contribution in [2.75, 3.05) is 31.1 Å². The Hall–Kier alpha value is -2.96. The minimum Gasteiger partial charge on any atom is -0.340 e. The van der Waals surface area contributed by atoms with E-state index >= 15 is 0 Å². The molecule has 7 heteroatoms. The maximum atomic E-state index is 13.2. The number of hydrogen-bond donors (Lipinski definition) is 1.